The Balaban J connectivity index is 1.81. The number of amides is 1. The molecule has 4 N–H and O–H groups in total. The van der Waals surface area contributed by atoms with Gasteiger partial charge in [0.05, 0.1) is 5.69 Å². The van der Waals surface area contributed by atoms with E-state index in [-0.39, 0.29) is 34.4 Å². The van der Waals surface area contributed by atoms with Gasteiger partial charge in [0, 0.05) is 42.9 Å². The van der Waals surface area contributed by atoms with Crippen LogP contribution in [0.3, 0.4) is 0 Å². The Morgan fingerprint density at radius 3 is 2.79 bits per heavy atom. The first kappa shape index (κ1) is 24.6. The van der Waals surface area contributed by atoms with Crippen molar-refractivity contribution >= 4 is 17.8 Å². The van der Waals surface area contributed by atoms with Crippen LogP contribution in [0.15, 0.2) is 30.3 Å². The average molecular weight is 456 g/mol. The molecule has 8 heteroatoms. The van der Waals surface area contributed by atoms with Gasteiger partial charge in [0.2, 0.25) is 5.91 Å². The van der Waals surface area contributed by atoms with Crippen molar-refractivity contribution in [2.75, 3.05) is 19.0 Å². The van der Waals surface area contributed by atoms with Gasteiger partial charge in [-0.15, -0.1) is 10.2 Å². The van der Waals surface area contributed by atoms with Gasteiger partial charge in [0.15, 0.2) is 5.82 Å². The first-order valence-corrected chi connectivity index (χ1v) is 11.4. The minimum Gasteiger partial charge on any atom is -0.507 e. The van der Waals surface area contributed by atoms with Crippen molar-refractivity contribution in [1.29, 1.82) is 0 Å². The molecule has 0 saturated heterocycles. The van der Waals surface area contributed by atoms with E-state index >= 15 is 0 Å². The second-order valence-corrected chi connectivity index (χ2v) is 9.47. The lowest BCUT2D eigenvalue weighted by atomic mass is 9.80. The van der Waals surface area contributed by atoms with Gasteiger partial charge >= 0.3 is 0 Å². The Labute approximate surface area is 194 Å². The fourth-order valence-electron chi connectivity index (χ4n) is 4.46. The number of phenols is 1. The number of nitrogens with two attached hydrogens (primary N) is 1. The Bertz CT molecular complexity index is 1010. The molecule has 1 aliphatic carbocycles. The van der Waals surface area contributed by atoms with E-state index in [1.165, 1.54) is 37.8 Å². The molecule has 7 nitrogen and oxygen atoms in total. The van der Waals surface area contributed by atoms with Gasteiger partial charge in [-0.3, -0.25) is 4.79 Å². The van der Waals surface area contributed by atoms with Crippen LogP contribution in [0.4, 0.5) is 10.2 Å². The number of benzene rings is 1. The quantitative estimate of drug-likeness (QED) is 0.591. The number of phenolic OH excluding ortho intramolecular Hbond substituents is 1. The van der Waals surface area contributed by atoms with Crippen molar-refractivity contribution in [1.82, 2.24) is 15.5 Å². The molecular weight excluding hydrogens is 421 g/mol. The summed E-state index contributed by atoms with van der Waals surface area (Å²) >= 11 is 0. The van der Waals surface area contributed by atoms with Crippen LogP contribution in [0.1, 0.15) is 51.5 Å². The van der Waals surface area contributed by atoms with E-state index in [9.17, 15) is 14.3 Å². The Morgan fingerprint density at radius 2 is 2.12 bits per heavy atom. The zero-order chi connectivity index (χ0) is 24.2. The maximum absolute atomic E-state index is 14.5. The van der Waals surface area contributed by atoms with Crippen LogP contribution < -0.4 is 16.0 Å². The molecule has 2 aromatic rings. The predicted octanol–water partition coefficient (Wildman–Crippen LogP) is 3.87. The summed E-state index contributed by atoms with van der Waals surface area (Å²) in [7, 11) is 3.49. The SMILES string of the molecule is CNC(=O)/C=C/c1cc(O)c(-c2ccc(N(C)[C@H]3C[C@@H](C)CCC[C@@](C)(N)C3)nn2)cc1F. The molecule has 0 bridgehead atoms. The summed E-state index contributed by atoms with van der Waals surface area (Å²) < 4.78 is 14.5. The Hall–Kier alpha value is -3.00. The number of hydrogen-bond acceptors (Lipinski definition) is 6. The van der Waals surface area contributed by atoms with Crippen LogP contribution in [0.25, 0.3) is 17.3 Å². The molecule has 0 aliphatic heterocycles. The van der Waals surface area contributed by atoms with Crippen molar-refractivity contribution < 1.29 is 14.3 Å². The summed E-state index contributed by atoms with van der Waals surface area (Å²) in [4.78, 5) is 13.5. The number of aromatic hydroxyl groups is 1. The van der Waals surface area contributed by atoms with Crippen molar-refractivity contribution in [3.63, 3.8) is 0 Å². The van der Waals surface area contributed by atoms with E-state index in [0.717, 1.165) is 25.7 Å². The number of likely N-dealkylation sites (N-methyl/N-ethyl adjacent to an activating group) is 1. The molecule has 0 spiro atoms. The highest BCUT2D eigenvalue weighted by molar-refractivity contribution is 5.91. The maximum Gasteiger partial charge on any atom is 0.243 e. The number of nitrogens with zero attached hydrogens (tertiary/aromatic N) is 3. The summed E-state index contributed by atoms with van der Waals surface area (Å²) in [5.41, 5.74) is 7.02. The monoisotopic (exact) mass is 455 g/mol. The van der Waals surface area contributed by atoms with Gasteiger partial charge in [-0.1, -0.05) is 19.8 Å². The lowest BCUT2D eigenvalue weighted by molar-refractivity contribution is -0.115. The van der Waals surface area contributed by atoms with Gasteiger partial charge in [-0.05, 0) is 62.4 Å². The molecule has 1 aliphatic rings. The summed E-state index contributed by atoms with van der Waals surface area (Å²) in [5.74, 6) is 0.235. The molecule has 0 unspecified atom stereocenters. The topological polar surface area (TPSA) is 104 Å². The molecular formula is C25H34FN5O2. The summed E-state index contributed by atoms with van der Waals surface area (Å²) in [5, 5.41) is 21.4. The smallest absolute Gasteiger partial charge is 0.243 e. The minimum absolute atomic E-state index is 0.104. The largest absolute Gasteiger partial charge is 0.507 e. The van der Waals surface area contributed by atoms with E-state index in [2.05, 4.69) is 34.3 Å². The van der Waals surface area contributed by atoms with Gasteiger partial charge in [0.1, 0.15) is 11.6 Å². The molecule has 1 amide bonds. The fourth-order valence-corrected chi connectivity index (χ4v) is 4.46. The Morgan fingerprint density at radius 1 is 1.36 bits per heavy atom. The van der Waals surface area contributed by atoms with Crippen molar-refractivity contribution in [2.24, 2.45) is 11.7 Å². The van der Waals surface area contributed by atoms with Crippen LogP contribution in [-0.2, 0) is 4.79 Å². The third kappa shape index (κ3) is 6.28. The molecule has 1 aromatic heterocycles. The highest BCUT2D eigenvalue weighted by atomic mass is 19.1. The highest BCUT2D eigenvalue weighted by Gasteiger charge is 2.30. The van der Waals surface area contributed by atoms with E-state index in [1.807, 2.05) is 13.1 Å². The summed E-state index contributed by atoms with van der Waals surface area (Å²) in [6.45, 7) is 4.39. The van der Waals surface area contributed by atoms with Crippen molar-refractivity contribution in [2.45, 2.75) is 57.5 Å². The zero-order valence-electron chi connectivity index (χ0n) is 19.8. The van der Waals surface area contributed by atoms with E-state index in [1.54, 1.807) is 6.07 Å². The van der Waals surface area contributed by atoms with Crippen molar-refractivity contribution in [3.8, 4) is 17.0 Å². The van der Waals surface area contributed by atoms with E-state index in [4.69, 9.17) is 5.73 Å². The number of hydrogen-bond donors (Lipinski definition) is 3. The number of rotatable bonds is 5. The summed E-state index contributed by atoms with van der Waals surface area (Å²) in [6, 6.07) is 6.26. The maximum atomic E-state index is 14.5. The zero-order valence-corrected chi connectivity index (χ0v) is 19.8. The van der Waals surface area contributed by atoms with Crippen molar-refractivity contribution in [3.05, 3.63) is 41.7 Å². The van der Waals surface area contributed by atoms with Gasteiger partial charge in [-0.25, -0.2) is 4.39 Å². The predicted molar refractivity (Wildman–Crippen MR) is 129 cm³/mol. The average Bonchev–Trinajstić information content (AvgIpc) is 2.77. The summed E-state index contributed by atoms with van der Waals surface area (Å²) in [6.07, 6.45) is 7.73. The Kier molecular flexibility index (Phi) is 7.68. The second kappa shape index (κ2) is 10.3. The normalized spacial score (nSPS) is 23.7. The van der Waals surface area contributed by atoms with Crippen LogP contribution in [0, 0.1) is 11.7 Å². The molecule has 1 aromatic carbocycles. The van der Waals surface area contributed by atoms with Gasteiger partial charge in [-0.2, -0.15) is 0 Å². The number of nitrogens with one attached hydrogen (secondary N) is 1. The molecule has 1 heterocycles. The highest BCUT2D eigenvalue weighted by Crippen LogP contribution is 2.33. The molecule has 33 heavy (non-hydrogen) atoms. The van der Waals surface area contributed by atoms with E-state index < -0.39 is 5.82 Å². The molecule has 178 valence electrons. The molecule has 3 atom stereocenters. The number of carbonyl (C=O) groups excluding carboxylic acids is 1. The molecule has 3 rings (SSSR count). The molecule has 1 fully saturated rings. The fraction of sp³-hybridized carbons (Fsp3) is 0.480. The number of anilines is 1. The van der Waals surface area contributed by atoms with Crippen LogP contribution in [-0.4, -0.2) is 46.9 Å². The minimum atomic E-state index is -0.573. The van der Waals surface area contributed by atoms with Crippen LogP contribution in [0.5, 0.6) is 5.75 Å². The number of carbonyl (C=O) groups is 1. The lowest BCUT2D eigenvalue weighted by Crippen LogP contribution is -2.46. The first-order valence-electron chi connectivity index (χ1n) is 11.4. The standard InChI is InChI=1S/C25H34FN5O2/c1-16-6-5-11-25(2,27)15-18(12-16)31(4)23-9-8-21(29-30-23)19-14-20(26)17(13-22(19)32)7-10-24(33)28-3/h7-10,13-14,16,18,32H,5-6,11-12,15,27H2,1-4H3,(H,28,33)/b10-7+/t16-,18-,25+/m0/s1. The third-order valence-electron chi connectivity index (χ3n) is 6.43. The first-order chi connectivity index (χ1) is 15.6. The second-order valence-electron chi connectivity index (χ2n) is 9.47. The van der Waals surface area contributed by atoms with Crippen LogP contribution >= 0.6 is 0 Å². The van der Waals surface area contributed by atoms with Crippen LogP contribution in [0.2, 0.25) is 0 Å². The van der Waals surface area contributed by atoms with E-state index in [0.29, 0.717) is 17.4 Å². The van der Waals surface area contributed by atoms with Gasteiger partial charge in [0.25, 0.3) is 0 Å². The lowest BCUT2D eigenvalue weighted by Gasteiger charge is -2.39. The molecule has 0 radical (unpaired) electrons. The van der Waals surface area contributed by atoms with Gasteiger partial charge < -0.3 is 21.1 Å². The molecule has 1 saturated carbocycles. The third-order valence-corrected chi connectivity index (χ3v) is 6.43. The number of aromatic nitrogens is 2. The number of halogens is 1.